The second-order valence-electron chi connectivity index (χ2n) is 7.02. The van der Waals surface area contributed by atoms with Crippen LogP contribution >= 0.6 is 11.3 Å². The van der Waals surface area contributed by atoms with Gasteiger partial charge in [0.15, 0.2) is 6.61 Å². The third-order valence-corrected chi connectivity index (χ3v) is 5.55. The number of nitrogens with one attached hydrogen (secondary N) is 1. The van der Waals surface area contributed by atoms with Gasteiger partial charge in [0.1, 0.15) is 17.3 Å². The lowest BCUT2D eigenvalue weighted by Crippen LogP contribution is -2.22. The SMILES string of the molecule is COc1ccc2nc(-n3nc(C)cc3NC(=O)COc3ccc(C)cc3C)sc2c1. The average Bonchev–Trinajstić information content (AvgIpc) is 3.29. The summed E-state index contributed by atoms with van der Waals surface area (Å²) in [5, 5.41) is 8.03. The Labute approximate surface area is 178 Å². The minimum atomic E-state index is -0.265. The molecule has 1 amide bonds. The van der Waals surface area contributed by atoms with E-state index >= 15 is 0 Å². The first kappa shape index (κ1) is 19.9. The Morgan fingerprint density at radius 2 is 1.97 bits per heavy atom. The van der Waals surface area contributed by atoms with E-state index in [-0.39, 0.29) is 12.5 Å². The number of anilines is 1. The summed E-state index contributed by atoms with van der Waals surface area (Å²) in [6.45, 7) is 5.76. The molecule has 0 unspecified atom stereocenters. The molecular weight excluding hydrogens is 400 g/mol. The number of fused-ring (bicyclic) bond motifs is 1. The molecule has 0 saturated heterocycles. The van der Waals surface area contributed by atoms with Crippen molar-refractivity contribution in [1.29, 1.82) is 0 Å². The molecular formula is C22H22N4O3S. The number of hydrogen-bond donors (Lipinski definition) is 1. The molecule has 4 rings (SSSR count). The Morgan fingerprint density at radius 1 is 1.13 bits per heavy atom. The molecule has 0 bridgehead atoms. The van der Waals surface area contributed by atoms with Crippen LogP contribution in [0.15, 0.2) is 42.5 Å². The number of aromatic nitrogens is 3. The molecule has 7 nitrogen and oxygen atoms in total. The number of benzene rings is 2. The molecule has 30 heavy (non-hydrogen) atoms. The first-order valence-electron chi connectivity index (χ1n) is 9.44. The summed E-state index contributed by atoms with van der Waals surface area (Å²) in [5.41, 5.74) is 3.77. The lowest BCUT2D eigenvalue weighted by Gasteiger charge is -2.10. The van der Waals surface area contributed by atoms with Crippen LogP contribution in [-0.4, -0.2) is 34.4 Å². The summed E-state index contributed by atoms with van der Waals surface area (Å²) >= 11 is 1.47. The van der Waals surface area contributed by atoms with E-state index in [0.717, 1.165) is 32.8 Å². The summed E-state index contributed by atoms with van der Waals surface area (Å²) in [4.78, 5) is 17.1. The highest BCUT2D eigenvalue weighted by atomic mass is 32.1. The van der Waals surface area contributed by atoms with Crippen molar-refractivity contribution in [3.05, 3.63) is 59.3 Å². The number of aryl methyl sites for hydroxylation is 3. The molecule has 0 atom stereocenters. The van der Waals surface area contributed by atoms with Gasteiger partial charge < -0.3 is 14.8 Å². The normalized spacial score (nSPS) is 10.9. The standard InChI is InChI=1S/C22H22N4O3S/c1-13-5-8-18(14(2)9-13)29-12-21(27)24-20-10-15(3)25-26(20)22-23-17-7-6-16(28-4)11-19(17)30-22/h5-11H,12H2,1-4H3,(H,24,27). The van der Waals surface area contributed by atoms with E-state index in [1.165, 1.54) is 11.3 Å². The highest BCUT2D eigenvalue weighted by molar-refractivity contribution is 7.20. The van der Waals surface area contributed by atoms with Crippen molar-refractivity contribution in [2.45, 2.75) is 20.8 Å². The van der Waals surface area contributed by atoms with E-state index in [0.29, 0.717) is 16.7 Å². The van der Waals surface area contributed by atoms with Gasteiger partial charge in [-0.05, 0) is 50.6 Å². The van der Waals surface area contributed by atoms with Gasteiger partial charge in [-0.3, -0.25) is 4.79 Å². The maximum absolute atomic E-state index is 12.5. The number of methoxy groups -OCH3 is 1. The topological polar surface area (TPSA) is 78.3 Å². The van der Waals surface area contributed by atoms with Crippen LogP contribution in [0.5, 0.6) is 11.5 Å². The monoisotopic (exact) mass is 422 g/mol. The molecule has 0 aliphatic rings. The highest BCUT2D eigenvalue weighted by Gasteiger charge is 2.15. The molecule has 0 fully saturated rings. The first-order chi connectivity index (χ1) is 14.4. The van der Waals surface area contributed by atoms with Gasteiger partial charge in [-0.15, -0.1) is 0 Å². The highest BCUT2D eigenvalue weighted by Crippen LogP contribution is 2.30. The van der Waals surface area contributed by atoms with E-state index < -0.39 is 0 Å². The summed E-state index contributed by atoms with van der Waals surface area (Å²) in [6, 6.07) is 13.4. The summed E-state index contributed by atoms with van der Waals surface area (Å²) in [5.74, 6) is 1.75. The molecule has 1 N–H and O–H groups in total. The molecule has 2 aromatic carbocycles. The van der Waals surface area contributed by atoms with Crippen LogP contribution in [0, 0.1) is 20.8 Å². The third-order valence-electron chi connectivity index (χ3n) is 4.55. The zero-order valence-electron chi connectivity index (χ0n) is 17.2. The number of carbonyl (C=O) groups excluding carboxylic acids is 1. The number of hydrogen-bond acceptors (Lipinski definition) is 6. The molecule has 154 valence electrons. The summed E-state index contributed by atoms with van der Waals surface area (Å²) in [7, 11) is 1.63. The number of amides is 1. The molecule has 0 radical (unpaired) electrons. The lowest BCUT2D eigenvalue weighted by atomic mass is 10.1. The minimum Gasteiger partial charge on any atom is -0.497 e. The van der Waals surface area contributed by atoms with Crippen LogP contribution in [0.25, 0.3) is 15.3 Å². The van der Waals surface area contributed by atoms with E-state index in [4.69, 9.17) is 9.47 Å². The second-order valence-corrected chi connectivity index (χ2v) is 8.03. The predicted octanol–water partition coefficient (Wildman–Crippen LogP) is 4.43. The summed E-state index contributed by atoms with van der Waals surface area (Å²) < 4.78 is 13.6. The molecule has 4 aromatic rings. The van der Waals surface area contributed by atoms with Crippen LogP contribution < -0.4 is 14.8 Å². The van der Waals surface area contributed by atoms with Gasteiger partial charge in [0.2, 0.25) is 5.13 Å². The molecule has 0 saturated carbocycles. The predicted molar refractivity (Wildman–Crippen MR) is 118 cm³/mol. The van der Waals surface area contributed by atoms with Gasteiger partial charge in [0.25, 0.3) is 5.91 Å². The molecule has 8 heteroatoms. The summed E-state index contributed by atoms with van der Waals surface area (Å²) in [6.07, 6.45) is 0. The van der Waals surface area contributed by atoms with Crippen molar-refractivity contribution >= 4 is 33.3 Å². The molecule has 2 heterocycles. The van der Waals surface area contributed by atoms with Gasteiger partial charge in [-0.25, -0.2) is 4.98 Å². The van der Waals surface area contributed by atoms with Crippen molar-refractivity contribution in [2.75, 3.05) is 19.0 Å². The minimum absolute atomic E-state index is 0.0921. The lowest BCUT2D eigenvalue weighted by molar-refractivity contribution is -0.118. The van der Waals surface area contributed by atoms with Crippen molar-refractivity contribution in [3.8, 4) is 16.6 Å². The Balaban J connectivity index is 1.52. The second kappa shape index (κ2) is 8.16. The fraction of sp³-hybridized carbons (Fsp3) is 0.227. The molecule has 0 spiro atoms. The molecule has 0 aliphatic heterocycles. The third kappa shape index (κ3) is 4.13. The van der Waals surface area contributed by atoms with Crippen molar-refractivity contribution in [1.82, 2.24) is 14.8 Å². The van der Waals surface area contributed by atoms with Crippen molar-refractivity contribution in [2.24, 2.45) is 0 Å². The number of carbonyl (C=O) groups is 1. The van der Waals surface area contributed by atoms with Crippen LogP contribution in [0.4, 0.5) is 5.82 Å². The largest absolute Gasteiger partial charge is 0.497 e. The fourth-order valence-corrected chi connectivity index (χ4v) is 4.09. The number of nitrogens with zero attached hydrogens (tertiary/aromatic N) is 3. The Morgan fingerprint density at radius 3 is 2.73 bits per heavy atom. The quantitative estimate of drug-likeness (QED) is 0.497. The number of ether oxygens (including phenoxy) is 2. The number of thiazole rings is 1. The van der Waals surface area contributed by atoms with Crippen LogP contribution in [0.1, 0.15) is 16.8 Å². The molecule has 0 aliphatic carbocycles. The van der Waals surface area contributed by atoms with Crippen molar-refractivity contribution in [3.63, 3.8) is 0 Å². The average molecular weight is 423 g/mol. The Kier molecular flexibility index (Phi) is 5.41. The fourth-order valence-electron chi connectivity index (χ4n) is 3.13. The Hall–Kier alpha value is -3.39. The first-order valence-corrected chi connectivity index (χ1v) is 10.3. The van der Waals surface area contributed by atoms with Gasteiger partial charge >= 0.3 is 0 Å². The van der Waals surface area contributed by atoms with Gasteiger partial charge in [-0.2, -0.15) is 9.78 Å². The zero-order valence-corrected chi connectivity index (χ0v) is 18.0. The van der Waals surface area contributed by atoms with Crippen LogP contribution in [0.2, 0.25) is 0 Å². The van der Waals surface area contributed by atoms with Gasteiger partial charge in [-0.1, -0.05) is 29.0 Å². The Bertz CT molecular complexity index is 1230. The zero-order chi connectivity index (χ0) is 21.3. The van der Waals surface area contributed by atoms with Crippen LogP contribution in [-0.2, 0) is 4.79 Å². The van der Waals surface area contributed by atoms with E-state index in [1.54, 1.807) is 11.8 Å². The molecule has 2 aromatic heterocycles. The van der Waals surface area contributed by atoms with E-state index in [2.05, 4.69) is 15.4 Å². The van der Waals surface area contributed by atoms with Gasteiger partial charge in [0, 0.05) is 6.07 Å². The number of rotatable bonds is 6. The smallest absolute Gasteiger partial charge is 0.263 e. The maximum atomic E-state index is 12.5. The van der Waals surface area contributed by atoms with E-state index in [9.17, 15) is 4.79 Å². The van der Waals surface area contributed by atoms with Gasteiger partial charge in [0.05, 0.1) is 23.0 Å². The van der Waals surface area contributed by atoms with Crippen molar-refractivity contribution < 1.29 is 14.3 Å². The maximum Gasteiger partial charge on any atom is 0.263 e. The van der Waals surface area contributed by atoms with Crippen LogP contribution in [0.3, 0.4) is 0 Å². The van der Waals surface area contributed by atoms with E-state index in [1.807, 2.05) is 63.2 Å².